The molecular weight excluding hydrogens is 252 g/mol. The lowest BCUT2D eigenvalue weighted by Gasteiger charge is -2.22. The molecule has 0 aliphatic rings. The first kappa shape index (κ1) is 17.7. The topological polar surface area (TPSA) is 99.1 Å². The van der Waals surface area contributed by atoms with Gasteiger partial charge in [0.15, 0.2) is 0 Å². The summed E-state index contributed by atoms with van der Waals surface area (Å²) in [5.41, 5.74) is 0. The van der Waals surface area contributed by atoms with Crippen molar-refractivity contribution in [3.05, 3.63) is 0 Å². The van der Waals surface area contributed by atoms with Crippen molar-refractivity contribution in [2.45, 2.75) is 20.3 Å². The van der Waals surface area contributed by atoms with Gasteiger partial charge in [-0.2, -0.15) is 0 Å². The molecule has 0 spiro atoms. The minimum absolute atomic E-state index is 0.0337. The van der Waals surface area contributed by atoms with Crippen LogP contribution < -0.4 is 5.32 Å². The highest BCUT2D eigenvalue weighted by atomic mass is 16.5. The van der Waals surface area contributed by atoms with Gasteiger partial charge in [0, 0.05) is 26.1 Å². The molecule has 0 saturated heterocycles. The summed E-state index contributed by atoms with van der Waals surface area (Å²) >= 11 is 0. The third-order valence-electron chi connectivity index (χ3n) is 2.53. The molecule has 3 N–H and O–H groups in total. The summed E-state index contributed by atoms with van der Waals surface area (Å²) in [5.74, 6) is -0.975. The molecule has 0 aromatic carbocycles. The molecule has 0 aliphatic heterocycles. The summed E-state index contributed by atoms with van der Waals surface area (Å²) in [6.45, 7) is 5.53. The number of carbonyl (C=O) groups excluding carboxylic acids is 1. The van der Waals surface area contributed by atoms with Gasteiger partial charge in [0.1, 0.15) is 0 Å². The van der Waals surface area contributed by atoms with Crippen molar-refractivity contribution in [2.75, 3.05) is 39.5 Å². The molecule has 0 fully saturated rings. The molecule has 0 rings (SSSR count). The zero-order chi connectivity index (χ0) is 14.7. The van der Waals surface area contributed by atoms with Crippen LogP contribution in [0.15, 0.2) is 0 Å². The highest BCUT2D eigenvalue weighted by molar-refractivity contribution is 5.74. The Morgan fingerprint density at radius 1 is 1.37 bits per heavy atom. The Morgan fingerprint density at radius 2 is 2.05 bits per heavy atom. The van der Waals surface area contributed by atoms with Crippen LogP contribution in [0, 0.1) is 5.92 Å². The van der Waals surface area contributed by atoms with Crippen molar-refractivity contribution < 1.29 is 24.5 Å². The Labute approximate surface area is 113 Å². The van der Waals surface area contributed by atoms with E-state index < -0.39 is 5.97 Å². The third kappa shape index (κ3) is 9.26. The molecule has 0 bridgehead atoms. The van der Waals surface area contributed by atoms with E-state index in [4.69, 9.17) is 14.9 Å². The number of carbonyl (C=O) groups is 2. The van der Waals surface area contributed by atoms with E-state index in [0.29, 0.717) is 26.2 Å². The van der Waals surface area contributed by atoms with Gasteiger partial charge in [-0.1, -0.05) is 6.92 Å². The second-order valence-electron chi connectivity index (χ2n) is 4.30. The average Bonchev–Trinajstić information content (AvgIpc) is 2.35. The number of carboxylic acids is 1. The Hall–Kier alpha value is -1.34. The fourth-order valence-corrected chi connectivity index (χ4v) is 1.49. The van der Waals surface area contributed by atoms with Crippen LogP contribution in [0.3, 0.4) is 0 Å². The first-order valence-electron chi connectivity index (χ1n) is 6.44. The van der Waals surface area contributed by atoms with Crippen LogP contribution in [0.5, 0.6) is 0 Å². The second-order valence-corrected chi connectivity index (χ2v) is 4.30. The molecule has 0 heterocycles. The van der Waals surface area contributed by atoms with Gasteiger partial charge in [0.25, 0.3) is 0 Å². The largest absolute Gasteiger partial charge is 0.481 e. The minimum atomic E-state index is -0.869. The average molecular weight is 276 g/mol. The monoisotopic (exact) mass is 276 g/mol. The SMILES string of the molecule is CCN(CCOCCO)C(=O)NCC(C)CC(=O)O. The number of aliphatic hydroxyl groups excluding tert-OH is 1. The summed E-state index contributed by atoms with van der Waals surface area (Å²) < 4.78 is 5.09. The zero-order valence-corrected chi connectivity index (χ0v) is 11.6. The first-order chi connectivity index (χ1) is 9.01. The lowest BCUT2D eigenvalue weighted by molar-refractivity contribution is -0.137. The number of amides is 2. The second kappa shape index (κ2) is 10.6. The molecule has 0 aromatic rings. The van der Waals surface area contributed by atoms with E-state index in [1.807, 2.05) is 6.92 Å². The van der Waals surface area contributed by atoms with Gasteiger partial charge in [0.2, 0.25) is 0 Å². The van der Waals surface area contributed by atoms with E-state index in [0.717, 1.165) is 0 Å². The molecule has 1 atom stereocenters. The Balaban J connectivity index is 3.90. The zero-order valence-electron chi connectivity index (χ0n) is 11.6. The van der Waals surface area contributed by atoms with Crippen LogP contribution in [-0.2, 0) is 9.53 Å². The van der Waals surface area contributed by atoms with Gasteiger partial charge in [-0.3, -0.25) is 4.79 Å². The maximum atomic E-state index is 11.8. The summed E-state index contributed by atoms with van der Waals surface area (Å²) in [6.07, 6.45) is 0.0337. The Bertz CT molecular complexity index is 273. The highest BCUT2D eigenvalue weighted by Gasteiger charge is 2.13. The number of carboxylic acid groups (broad SMARTS) is 1. The molecule has 7 heteroatoms. The molecule has 0 saturated carbocycles. The van der Waals surface area contributed by atoms with E-state index in [1.165, 1.54) is 0 Å². The van der Waals surface area contributed by atoms with Crippen LogP contribution in [0.4, 0.5) is 4.79 Å². The van der Waals surface area contributed by atoms with Gasteiger partial charge < -0.3 is 25.2 Å². The van der Waals surface area contributed by atoms with E-state index in [9.17, 15) is 9.59 Å². The van der Waals surface area contributed by atoms with Crippen LogP contribution in [0.2, 0.25) is 0 Å². The van der Waals surface area contributed by atoms with Gasteiger partial charge >= 0.3 is 12.0 Å². The van der Waals surface area contributed by atoms with Gasteiger partial charge in [0.05, 0.1) is 19.8 Å². The molecule has 7 nitrogen and oxygen atoms in total. The third-order valence-corrected chi connectivity index (χ3v) is 2.53. The molecule has 19 heavy (non-hydrogen) atoms. The number of aliphatic carboxylic acids is 1. The van der Waals surface area contributed by atoms with E-state index >= 15 is 0 Å². The fourth-order valence-electron chi connectivity index (χ4n) is 1.49. The molecule has 2 amide bonds. The van der Waals surface area contributed by atoms with Gasteiger partial charge in [-0.05, 0) is 12.8 Å². The maximum Gasteiger partial charge on any atom is 0.317 e. The summed E-state index contributed by atoms with van der Waals surface area (Å²) in [7, 11) is 0. The smallest absolute Gasteiger partial charge is 0.317 e. The standard InChI is InChI=1S/C12H24N2O5/c1-3-14(4-6-19-7-5-15)12(18)13-9-10(2)8-11(16)17/h10,15H,3-9H2,1-2H3,(H,13,18)(H,16,17). The number of nitrogens with one attached hydrogen (secondary N) is 1. The van der Waals surface area contributed by atoms with Crippen LogP contribution >= 0.6 is 0 Å². The molecule has 0 aliphatic carbocycles. The van der Waals surface area contributed by atoms with Crippen molar-refractivity contribution in [3.8, 4) is 0 Å². The number of hydrogen-bond acceptors (Lipinski definition) is 4. The Morgan fingerprint density at radius 3 is 2.58 bits per heavy atom. The summed E-state index contributed by atoms with van der Waals surface area (Å²) in [4.78, 5) is 23.9. The van der Waals surface area contributed by atoms with Crippen LogP contribution in [0.1, 0.15) is 20.3 Å². The number of aliphatic hydroxyl groups is 1. The number of urea groups is 1. The molecule has 0 aromatic heterocycles. The molecule has 112 valence electrons. The number of rotatable bonds is 10. The molecule has 0 radical (unpaired) electrons. The number of nitrogens with zero attached hydrogens (tertiary/aromatic N) is 1. The van der Waals surface area contributed by atoms with Gasteiger partial charge in [-0.15, -0.1) is 0 Å². The summed E-state index contributed by atoms with van der Waals surface area (Å²) in [5, 5.41) is 19.9. The van der Waals surface area contributed by atoms with Crippen molar-refractivity contribution in [1.29, 1.82) is 0 Å². The fraction of sp³-hybridized carbons (Fsp3) is 0.833. The summed E-state index contributed by atoms with van der Waals surface area (Å²) in [6, 6.07) is -0.229. The lowest BCUT2D eigenvalue weighted by Crippen LogP contribution is -2.43. The van der Waals surface area contributed by atoms with E-state index in [2.05, 4.69) is 5.32 Å². The van der Waals surface area contributed by atoms with Crippen molar-refractivity contribution in [2.24, 2.45) is 5.92 Å². The van der Waals surface area contributed by atoms with Crippen LogP contribution in [-0.4, -0.2) is 66.6 Å². The lowest BCUT2D eigenvalue weighted by atomic mass is 10.1. The van der Waals surface area contributed by atoms with E-state index in [-0.39, 0.29) is 31.6 Å². The number of likely N-dealkylation sites (N-methyl/N-ethyl adjacent to an activating group) is 1. The molecular formula is C12H24N2O5. The van der Waals surface area contributed by atoms with Gasteiger partial charge in [-0.25, -0.2) is 4.79 Å². The maximum absolute atomic E-state index is 11.8. The van der Waals surface area contributed by atoms with Crippen molar-refractivity contribution in [3.63, 3.8) is 0 Å². The quantitative estimate of drug-likeness (QED) is 0.493. The number of ether oxygens (including phenoxy) is 1. The predicted octanol–water partition coefficient (Wildman–Crippen LogP) is 0.138. The normalized spacial score (nSPS) is 11.9. The predicted molar refractivity (Wildman–Crippen MR) is 70.0 cm³/mol. The highest BCUT2D eigenvalue weighted by Crippen LogP contribution is 2.00. The molecule has 1 unspecified atom stereocenters. The van der Waals surface area contributed by atoms with E-state index in [1.54, 1.807) is 11.8 Å². The van der Waals surface area contributed by atoms with Crippen molar-refractivity contribution in [1.82, 2.24) is 10.2 Å². The Kier molecular flexibility index (Phi) is 9.82. The minimum Gasteiger partial charge on any atom is -0.481 e. The first-order valence-corrected chi connectivity index (χ1v) is 6.44. The van der Waals surface area contributed by atoms with Crippen molar-refractivity contribution >= 4 is 12.0 Å². The number of hydrogen-bond donors (Lipinski definition) is 3. The van der Waals surface area contributed by atoms with Crippen LogP contribution in [0.25, 0.3) is 0 Å².